The molecule has 1 aromatic carbocycles. The van der Waals surface area contributed by atoms with Crippen LogP contribution in [0.15, 0.2) is 30.3 Å². The number of hydrogen-bond acceptors (Lipinski definition) is 3. The summed E-state index contributed by atoms with van der Waals surface area (Å²) in [7, 11) is 0. The summed E-state index contributed by atoms with van der Waals surface area (Å²) in [5.41, 5.74) is 2.01. The van der Waals surface area contributed by atoms with Gasteiger partial charge in [0.25, 0.3) is 0 Å². The van der Waals surface area contributed by atoms with Gasteiger partial charge in [-0.05, 0) is 18.1 Å². The molecular formula is C13H11Cl2N3O. The molecule has 0 aliphatic heterocycles. The van der Waals surface area contributed by atoms with Gasteiger partial charge in [0.15, 0.2) is 0 Å². The molecule has 4 nitrogen and oxygen atoms in total. The summed E-state index contributed by atoms with van der Waals surface area (Å²) in [6, 6.07) is 9.08. The lowest BCUT2D eigenvalue weighted by molar-refractivity contribution is -0.115. The third-order valence-electron chi connectivity index (χ3n) is 2.53. The van der Waals surface area contributed by atoms with E-state index in [0.717, 1.165) is 11.1 Å². The number of carbonyl (C=O) groups excluding carboxylic acids is 1. The summed E-state index contributed by atoms with van der Waals surface area (Å²) in [5, 5.41) is 2.94. The molecule has 98 valence electrons. The molecule has 1 N–H and O–H groups in total. The Hall–Kier alpha value is -1.65. The van der Waals surface area contributed by atoms with E-state index in [1.807, 2.05) is 31.2 Å². The van der Waals surface area contributed by atoms with Gasteiger partial charge in [-0.1, -0.05) is 47.5 Å². The molecule has 0 saturated heterocycles. The van der Waals surface area contributed by atoms with E-state index in [1.165, 1.54) is 6.07 Å². The molecule has 2 aromatic rings. The zero-order valence-corrected chi connectivity index (χ0v) is 11.7. The highest BCUT2D eigenvalue weighted by Gasteiger charge is 2.09. The predicted molar refractivity (Wildman–Crippen MR) is 75.6 cm³/mol. The van der Waals surface area contributed by atoms with Gasteiger partial charge in [-0.25, -0.2) is 9.97 Å². The maximum atomic E-state index is 11.9. The number of aromatic nitrogens is 2. The normalized spacial score (nSPS) is 10.3. The van der Waals surface area contributed by atoms with Crippen molar-refractivity contribution in [3.05, 3.63) is 51.8 Å². The van der Waals surface area contributed by atoms with Crippen molar-refractivity contribution in [2.45, 2.75) is 13.3 Å². The van der Waals surface area contributed by atoms with Crippen molar-refractivity contribution in [1.82, 2.24) is 9.97 Å². The highest BCUT2D eigenvalue weighted by Crippen LogP contribution is 2.15. The van der Waals surface area contributed by atoms with Crippen LogP contribution in [0.4, 0.5) is 5.95 Å². The Morgan fingerprint density at radius 2 is 1.84 bits per heavy atom. The van der Waals surface area contributed by atoms with Gasteiger partial charge in [0.2, 0.25) is 11.9 Å². The Morgan fingerprint density at radius 3 is 2.47 bits per heavy atom. The van der Waals surface area contributed by atoms with E-state index in [-0.39, 0.29) is 28.6 Å². The lowest BCUT2D eigenvalue weighted by Crippen LogP contribution is -2.17. The van der Waals surface area contributed by atoms with Crippen LogP contribution in [0.1, 0.15) is 11.1 Å². The Bertz CT molecular complexity index is 596. The number of halogens is 2. The average Bonchev–Trinajstić information content (AvgIpc) is 2.30. The van der Waals surface area contributed by atoms with E-state index >= 15 is 0 Å². The van der Waals surface area contributed by atoms with Crippen LogP contribution in [0.2, 0.25) is 10.3 Å². The lowest BCUT2D eigenvalue weighted by Gasteiger charge is -2.06. The van der Waals surface area contributed by atoms with Gasteiger partial charge in [-0.15, -0.1) is 0 Å². The van der Waals surface area contributed by atoms with E-state index < -0.39 is 0 Å². The third-order valence-corrected chi connectivity index (χ3v) is 2.91. The molecule has 0 radical (unpaired) electrons. The van der Waals surface area contributed by atoms with Crippen molar-refractivity contribution >= 4 is 35.1 Å². The molecule has 0 bridgehead atoms. The molecule has 0 fully saturated rings. The monoisotopic (exact) mass is 295 g/mol. The lowest BCUT2D eigenvalue weighted by atomic mass is 10.1. The van der Waals surface area contributed by atoms with E-state index in [9.17, 15) is 4.79 Å². The minimum Gasteiger partial charge on any atom is -0.294 e. The SMILES string of the molecule is Cc1ccccc1CC(=O)Nc1nc(Cl)cc(Cl)n1. The fourth-order valence-electron chi connectivity index (χ4n) is 1.60. The van der Waals surface area contributed by atoms with Gasteiger partial charge in [0.1, 0.15) is 10.3 Å². The molecule has 2 rings (SSSR count). The van der Waals surface area contributed by atoms with Crippen LogP contribution in [0.5, 0.6) is 0 Å². The van der Waals surface area contributed by atoms with Crippen molar-refractivity contribution in [3.8, 4) is 0 Å². The predicted octanol–water partition coefficient (Wildman–Crippen LogP) is 3.27. The quantitative estimate of drug-likeness (QED) is 0.884. The maximum Gasteiger partial charge on any atom is 0.232 e. The smallest absolute Gasteiger partial charge is 0.232 e. The molecular weight excluding hydrogens is 285 g/mol. The molecule has 1 heterocycles. The first kappa shape index (κ1) is 13.8. The second-order valence-electron chi connectivity index (χ2n) is 3.99. The van der Waals surface area contributed by atoms with Crippen LogP contribution < -0.4 is 5.32 Å². The van der Waals surface area contributed by atoms with Gasteiger partial charge in [-0.3, -0.25) is 10.1 Å². The number of nitrogens with one attached hydrogen (secondary N) is 1. The van der Waals surface area contributed by atoms with Crippen molar-refractivity contribution in [1.29, 1.82) is 0 Å². The first-order valence-electron chi connectivity index (χ1n) is 5.59. The minimum absolute atomic E-state index is 0.107. The Balaban J connectivity index is 2.07. The van der Waals surface area contributed by atoms with Crippen LogP contribution in [0.25, 0.3) is 0 Å². The maximum absolute atomic E-state index is 11.9. The van der Waals surface area contributed by atoms with E-state index in [4.69, 9.17) is 23.2 Å². The topological polar surface area (TPSA) is 54.9 Å². The van der Waals surface area contributed by atoms with Crippen LogP contribution in [-0.2, 0) is 11.2 Å². The number of anilines is 1. The van der Waals surface area contributed by atoms with Crippen LogP contribution in [-0.4, -0.2) is 15.9 Å². The zero-order chi connectivity index (χ0) is 13.8. The fourth-order valence-corrected chi connectivity index (χ4v) is 2.02. The summed E-state index contributed by atoms with van der Waals surface area (Å²) < 4.78 is 0. The standard InChI is InChI=1S/C13H11Cl2N3O/c1-8-4-2-3-5-9(8)6-12(19)18-13-16-10(14)7-11(15)17-13/h2-5,7H,6H2,1H3,(H,16,17,18,19). The minimum atomic E-state index is -0.215. The highest BCUT2D eigenvalue weighted by molar-refractivity contribution is 6.33. The molecule has 0 saturated carbocycles. The Kier molecular flexibility index (Phi) is 4.35. The highest BCUT2D eigenvalue weighted by atomic mass is 35.5. The molecule has 0 atom stereocenters. The number of amides is 1. The second-order valence-corrected chi connectivity index (χ2v) is 4.76. The first-order valence-corrected chi connectivity index (χ1v) is 6.34. The fraction of sp³-hybridized carbons (Fsp3) is 0.154. The van der Waals surface area contributed by atoms with Gasteiger partial charge in [0, 0.05) is 6.07 Å². The van der Waals surface area contributed by atoms with E-state index in [0.29, 0.717) is 0 Å². The number of rotatable bonds is 3. The zero-order valence-electron chi connectivity index (χ0n) is 10.2. The van der Waals surface area contributed by atoms with Crippen molar-refractivity contribution in [2.24, 2.45) is 0 Å². The number of benzene rings is 1. The Labute approximate surface area is 120 Å². The number of hydrogen-bond donors (Lipinski definition) is 1. The molecule has 0 spiro atoms. The van der Waals surface area contributed by atoms with Crippen molar-refractivity contribution in [2.75, 3.05) is 5.32 Å². The molecule has 6 heteroatoms. The molecule has 0 aliphatic carbocycles. The number of nitrogens with zero attached hydrogens (tertiary/aromatic N) is 2. The van der Waals surface area contributed by atoms with Gasteiger partial charge >= 0.3 is 0 Å². The molecule has 19 heavy (non-hydrogen) atoms. The molecule has 1 aromatic heterocycles. The van der Waals surface area contributed by atoms with Crippen LogP contribution in [0, 0.1) is 6.92 Å². The molecule has 1 amide bonds. The summed E-state index contributed by atoms with van der Waals surface area (Å²) in [6.45, 7) is 1.95. The molecule has 0 aliphatic rings. The summed E-state index contributed by atoms with van der Waals surface area (Å²) >= 11 is 11.5. The van der Waals surface area contributed by atoms with E-state index in [2.05, 4.69) is 15.3 Å². The van der Waals surface area contributed by atoms with E-state index in [1.54, 1.807) is 0 Å². The summed E-state index contributed by atoms with van der Waals surface area (Å²) in [4.78, 5) is 19.6. The summed E-state index contributed by atoms with van der Waals surface area (Å²) in [5.74, 6) is -0.108. The van der Waals surface area contributed by atoms with Gasteiger partial charge < -0.3 is 0 Å². The second kappa shape index (κ2) is 5.99. The summed E-state index contributed by atoms with van der Waals surface area (Å²) in [6.07, 6.45) is 0.250. The molecule has 0 unspecified atom stereocenters. The largest absolute Gasteiger partial charge is 0.294 e. The Morgan fingerprint density at radius 1 is 1.21 bits per heavy atom. The number of carbonyl (C=O) groups is 1. The third kappa shape index (κ3) is 3.91. The van der Waals surface area contributed by atoms with Crippen molar-refractivity contribution < 1.29 is 4.79 Å². The van der Waals surface area contributed by atoms with Gasteiger partial charge in [0.05, 0.1) is 6.42 Å². The average molecular weight is 296 g/mol. The number of aryl methyl sites for hydroxylation is 1. The van der Waals surface area contributed by atoms with Gasteiger partial charge in [-0.2, -0.15) is 0 Å². The van der Waals surface area contributed by atoms with Crippen LogP contribution in [0.3, 0.4) is 0 Å². The first-order chi connectivity index (χ1) is 9.04. The van der Waals surface area contributed by atoms with Crippen molar-refractivity contribution in [3.63, 3.8) is 0 Å². The van der Waals surface area contributed by atoms with Crippen LogP contribution >= 0.6 is 23.2 Å².